The molecule has 27 heavy (non-hydrogen) atoms. The highest BCUT2D eigenvalue weighted by Gasteiger charge is 2.42. The first-order valence-corrected chi connectivity index (χ1v) is 10.8. The maximum Gasteiger partial charge on any atom is 0.137 e. The number of aryl methyl sites for hydroxylation is 1. The number of fused-ring (bicyclic) bond motifs is 2. The lowest BCUT2D eigenvalue weighted by molar-refractivity contribution is -0.126. The van der Waals surface area contributed by atoms with Crippen LogP contribution in [0, 0.1) is 11.8 Å². The maximum absolute atomic E-state index is 12.9. The first-order chi connectivity index (χ1) is 13.0. The molecule has 1 aromatic heterocycles. The van der Waals surface area contributed by atoms with Gasteiger partial charge in [0.25, 0.3) is 0 Å². The van der Waals surface area contributed by atoms with Crippen LogP contribution < -0.4 is 0 Å². The molecule has 146 valence electrons. The Hall–Kier alpha value is -1.17. The molecule has 2 aliphatic rings. The molecule has 0 unspecified atom stereocenters. The Morgan fingerprint density at radius 1 is 1.37 bits per heavy atom. The van der Waals surface area contributed by atoms with Crippen molar-refractivity contribution in [3.8, 4) is 0 Å². The van der Waals surface area contributed by atoms with E-state index in [1.54, 1.807) is 0 Å². The van der Waals surface area contributed by atoms with Crippen LogP contribution in [0.15, 0.2) is 22.8 Å². The zero-order chi connectivity index (χ0) is 19.3. The van der Waals surface area contributed by atoms with Gasteiger partial charge in [0.05, 0.1) is 4.60 Å². The smallest absolute Gasteiger partial charge is 0.137 e. The van der Waals surface area contributed by atoms with E-state index in [2.05, 4.69) is 57.7 Å². The van der Waals surface area contributed by atoms with E-state index in [0.717, 1.165) is 25.8 Å². The Morgan fingerprint density at radius 3 is 2.85 bits per heavy atom. The van der Waals surface area contributed by atoms with E-state index in [4.69, 9.17) is 0 Å². The average Bonchev–Trinajstić information content (AvgIpc) is 2.92. The summed E-state index contributed by atoms with van der Waals surface area (Å²) >= 11 is 3.80. The van der Waals surface area contributed by atoms with Crippen LogP contribution in [0.25, 0.3) is 10.9 Å². The Bertz CT molecular complexity index is 871. The van der Waals surface area contributed by atoms with Crippen LogP contribution in [-0.2, 0) is 18.3 Å². The highest BCUT2D eigenvalue weighted by molar-refractivity contribution is 9.10. The molecule has 4 nitrogen and oxygen atoms in total. The first-order valence-electron chi connectivity index (χ1n) is 10.1. The van der Waals surface area contributed by atoms with E-state index in [0.29, 0.717) is 24.2 Å². The summed E-state index contributed by atoms with van der Waals surface area (Å²) in [6, 6.07) is 7.06. The van der Waals surface area contributed by atoms with Crippen molar-refractivity contribution in [3.05, 3.63) is 33.9 Å². The van der Waals surface area contributed by atoms with Crippen molar-refractivity contribution in [1.82, 2.24) is 9.47 Å². The molecule has 5 heteroatoms. The molecule has 0 saturated carbocycles. The minimum Gasteiger partial charge on any atom is -0.396 e. The minimum absolute atomic E-state index is 0.0702. The Kier molecular flexibility index (Phi) is 5.21. The summed E-state index contributed by atoms with van der Waals surface area (Å²) < 4.78 is 3.42. The summed E-state index contributed by atoms with van der Waals surface area (Å²) in [6.07, 6.45) is 3.33. The molecule has 1 fully saturated rings. The van der Waals surface area contributed by atoms with Crippen LogP contribution in [0.2, 0.25) is 0 Å². The second kappa shape index (κ2) is 7.34. The van der Waals surface area contributed by atoms with Gasteiger partial charge in [0.1, 0.15) is 5.78 Å². The van der Waals surface area contributed by atoms with Crippen LogP contribution in [0.4, 0.5) is 0 Å². The number of nitrogens with zero attached hydrogens (tertiary/aromatic N) is 2. The lowest BCUT2D eigenvalue weighted by Crippen LogP contribution is -2.49. The van der Waals surface area contributed by atoms with E-state index in [1.165, 1.54) is 26.6 Å². The van der Waals surface area contributed by atoms with E-state index >= 15 is 0 Å². The minimum atomic E-state index is 0.0702. The van der Waals surface area contributed by atoms with Gasteiger partial charge in [-0.05, 0) is 58.9 Å². The van der Waals surface area contributed by atoms with Crippen molar-refractivity contribution in [2.24, 2.45) is 18.9 Å². The van der Waals surface area contributed by atoms with Gasteiger partial charge in [-0.1, -0.05) is 25.5 Å². The van der Waals surface area contributed by atoms with Crippen LogP contribution >= 0.6 is 15.9 Å². The summed E-state index contributed by atoms with van der Waals surface area (Å²) in [5.41, 5.74) is 4.08. The molecule has 2 heterocycles. The van der Waals surface area contributed by atoms with E-state index in [1.807, 2.05) is 6.92 Å². The average molecular weight is 433 g/mol. The zero-order valence-electron chi connectivity index (χ0n) is 16.4. The Balaban J connectivity index is 1.68. The molecular weight excluding hydrogens is 404 g/mol. The molecule has 0 radical (unpaired) electrons. The number of hydrogen-bond donors (Lipinski definition) is 1. The molecule has 4 rings (SSSR count). The second-order valence-electron chi connectivity index (χ2n) is 8.45. The molecule has 4 atom stereocenters. The number of benzene rings is 1. The quantitative estimate of drug-likeness (QED) is 0.779. The molecule has 1 saturated heterocycles. The summed E-state index contributed by atoms with van der Waals surface area (Å²) in [5, 5.41) is 10.9. The highest BCUT2D eigenvalue weighted by atomic mass is 79.9. The van der Waals surface area contributed by atoms with Gasteiger partial charge in [-0.3, -0.25) is 4.79 Å². The van der Waals surface area contributed by atoms with Gasteiger partial charge in [0, 0.05) is 55.4 Å². The fraction of sp³-hybridized carbons (Fsp3) is 0.591. The van der Waals surface area contributed by atoms with Gasteiger partial charge in [0.2, 0.25) is 0 Å². The largest absolute Gasteiger partial charge is 0.396 e. The standard InChI is InChI=1S/C22H29BrN2O2/c1-4-13(12-26)8-20(27)14-9-16-15-6-5-7-18-21(15)17(22(23)25(18)3)10-19(16)24(2)11-14/h5-7,13-14,16,19,26H,4,8-12H2,1-3H3/t13-,14-,16-,19-/m1/s1. The maximum atomic E-state index is 12.9. The van der Waals surface area contributed by atoms with Crippen molar-refractivity contribution in [3.63, 3.8) is 0 Å². The lowest BCUT2D eigenvalue weighted by atomic mass is 9.71. The number of aromatic nitrogens is 1. The molecule has 1 aliphatic heterocycles. The number of likely N-dealkylation sites (N-methyl/N-ethyl adjacent to an activating group) is 1. The number of piperidine rings is 1. The molecule has 0 amide bonds. The van der Waals surface area contributed by atoms with Gasteiger partial charge < -0.3 is 14.6 Å². The predicted octanol–water partition coefficient (Wildman–Crippen LogP) is 3.88. The first kappa shape index (κ1) is 19.2. The van der Waals surface area contributed by atoms with E-state index < -0.39 is 0 Å². The summed E-state index contributed by atoms with van der Waals surface area (Å²) in [4.78, 5) is 15.3. The van der Waals surface area contributed by atoms with Crippen molar-refractivity contribution in [1.29, 1.82) is 0 Å². The van der Waals surface area contributed by atoms with Gasteiger partial charge in [-0.25, -0.2) is 0 Å². The number of carbonyl (C=O) groups excluding carboxylic acids is 1. The fourth-order valence-corrected chi connectivity index (χ4v) is 5.82. The topological polar surface area (TPSA) is 45.5 Å². The molecular formula is C22H29BrN2O2. The summed E-state index contributed by atoms with van der Waals surface area (Å²) in [6.45, 7) is 2.99. The number of carbonyl (C=O) groups is 1. The predicted molar refractivity (Wildman–Crippen MR) is 112 cm³/mol. The monoisotopic (exact) mass is 432 g/mol. The van der Waals surface area contributed by atoms with Gasteiger partial charge in [-0.15, -0.1) is 0 Å². The van der Waals surface area contributed by atoms with Crippen LogP contribution in [0.1, 0.15) is 43.2 Å². The van der Waals surface area contributed by atoms with Gasteiger partial charge >= 0.3 is 0 Å². The number of rotatable bonds is 5. The van der Waals surface area contributed by atoms with E-state index in [9.17, 15) is 9.90 Å². The number of Topliss-reactive ketones (excluding diaryl/α,β-unsaturated/α-hetero) is 1. The third-order valence-electron chi connectivity index (χ3n) is 6.95. The van der Waals surface area contributed by atoms with Crippen molar-refractivity contribution >= 4 is 32.6 Å². The normalized spacial score (nSPS) is 26.2. The zero-order valence-corrected chi connectivity index (χ0v) is 18.0. The van der Waals surface area contributed by atoms with Crippen molar-refractivity contribution < 1.29 is 9.90 Å². The molecule has 0 spiro atoms. The fourth-order valence-electron chi connectivity index (χ4n) is 5.26. The van der Waals surface area contributed by atoms with E-state index in [-0.39, 0.29) is 18.4 Å². The molecule has 1 N–H and O–H groups in total. The van der Waals surface area contributed by atoms with Crippen molar-refractivity contribution in [2.45, 2.75) is 44.6 Å². The summed E-state index contributed by atoms with van der Waals surface area (Å²) in [5.74, 6) is 0.902. The number of aliphatic hydroxyl groups excluding tert-OH is 1. The number of ketones is 1. The SMILES string of the molecule is CC[C@@H](CO)CC(=O)[C@@H]1C[C@@H]2c3cccc4c3c(c(Br)n4C)C[C@H]2N(C)C1. The number of aliphatic hydroxyl groups is 1. The van der Waals surface area contributed by atoms with Gasteiger partial charge in [0.15, 0.2) is 0 Å². The molecule has 0 bridgehead atoms. The summed E-state index contributed by atoms with van der Waals surface area (Å²) in [7, 11) is 4.28. The molecule has 1 aromatic carbocycles. The molecule has 1 aliphatic carbocycles. The lowest BCUT2D eigenvalue weighted by Gasteiger charge is -2.45. The van der Waals surface area contributed by atoms with Crippen LogP contribution in [-0.4, -0.2) is 46.6 Å². The number of halogens is 1. The number of hydrogen-bond acceptors (Lipinski definition) is 3. The third-order valence-corrected chi connectivity index (χ3v) is 7.96. The van der Waals surface area contributed by atoms with Crippen LogP contribution in [0.3, 0.4) is 0 Å². The third kappa shape index (κ3) is 3.08. The molecule has 2 aromatic rings. The Labute approximate surface area is 169 Å². The number of likely N-dealkylation sites (tertiary alicyclic amines) is 1. The van der Waals surface area contributed by atoms with Gasteiger partial charge in [-0.2, -0.15) is 0 Å². The van der Waals surface area contributed by atoms with Crippen molar-refractivity contribution in [2.75, 3.05) is 20.2 Å². The van der Waals surface area contributed by atoms with Crippen LogP contribution in [0.5, 0.6) is 0 Å². The second-order valence-corrected chi connectivity index (χ2v) is 9.20. The highest BCUT2D eigenvalue weighted by Crippen LogP contribution is 2.47. The Morgan fingerprint density at radius 2 is 2.15 bits per heavy atom.